The number of nitrogens with two attached hydrogens (primary N) is 1. The molecule has 1 fully saturated rings. The van der Waals surface area contributed by atoms with Crippen molar-refractivity contribution in [3.63, 3.8) is 0 Å². The number of hydrogen-bond acceptors (Lipinski definition) is 2. The topological polar surface area (TPSA) is 46.3 Å². The Morgan fingerprint density at radius 2 is 2.20 bits per heavy atom. The fourth-order valence-electron chi connectivity index (χ4n) is 2.30. The summed E-state index contributed by atoms with van der Waals surface area (Å²) in [6.07, 6.45) is 4.84. The minimum atomic E-state index is -0.714. The number of carbonyl (C=O) groups is 1. The van der Waals surface area contributed by atoms with E-state index in [1.807, 2.05) is 4.90 Å². The lowest BCUT2D eigenvalue weighted by atomic mass is 9.92. The van der Waals surface area contributed by atoms with Crippen molar-refractivity contribution in [1.29, 1.82) is 0 Å². The van der Waals surface area contributed by atoms with Crippen molar-refractivity contribution in [3.05, 3.63) is 0 Å². The third-order valence-electron chi connectivity index (χ3n) is 3.05. The largest absolute Gasteiger partial charge is 0.341 e. The molecule has 2 N–H and O–H groups in total. The number of hydrogen-bond donors (Lipinski definition) is 1. The third kappa shape index (κ3) is 3.49. The molecule has 0 aliphatic carbocycles. The van der Waals surface area contributed by atoms with Crippen LogP contribution in [0.2, 0.25) is 0 Å². The molecule has 1 heterocycles. The maximum Gasteiger partial charge on any atom is 0.242 e. The van der Waals surface area contributed by atoms with Crippen LogP contribution in [-0.4, -0.2) is 29.4 Å². The van der Waals surface area contributed by atoms with Crippen molar-refractivity contribution >= 4 is 5.91 Å². The SMILES string of the molecule is CCCC1CCCN(C(=O)C(C)(C)N)C1. The average Bonchev–Trinajstić information content (AvgIpc) is 2.16. The van der Waals surface area contributed by atoms with Crippen LogP contribution in [0.1, 0.15) is 46.5 Å². The van der Waals surface area contributed by atoms with Crippen molar-refractivity contribution in [3.8, 4) is 0 Å². The van der Waals surface area contributed by atoms with Crippen molar-refractivity contribution in [2.45, 2.75) is 52.0 Å². The van der Waals surface area contributed by atoms with E-state index in [4.69, 9.17) is 5.73 Å². The first-order valence-corrected chi connectivity index (χ1v) is 6.03. The Balaban J connectivity index is 2.52. The number of rotatable bonds is 3. The standard InChI is InChI=1S/C12H24N2O/c1-4-6-10-7-5-8-14(9-10)11(15)12(2,3)13/h10H,4-9,13H2,1-3H3. The summed E-state index contributed by atoms with van der Waals surface area (Å²) in [6, 6.07) is 0. The van der Waals surface area contributed by atoms with Crippen LogP contribution >= 0.6 is 0 Å². The minimum absolute atomic E-state index is 0.100. The van der Waals surface area contributed by atoms with Gasteiger partial charge >= 0.3 is 0 Å². The molecule has 0 spiro atoms. The minimum Gasteiger partial charge on any atom is -0.341 e. The van der Waals surface area contributed by atoms with E-state index in [0.29, 0.717) is 5.92 Å². The number of nitrogens with zero attached hydrogens (tertiary/aromatic N) is 1. The fraction of sp³-hybridized carbons (Fsp3) is 0.917. The van der Waals surface area contributed by atoms with Gasteiger partial charge in [-0.05, 0) is 39.0 Å². The molecule has 1 saturated heterocycles. The second-order valence-corrected chi connectivity index (χ2v) is 5.27. The third-order valence-corrected chi connectivity index (χ3v) is 3.05. The average molecular weight is 212 g/mol. The van der Waals surface area contributed by atoms with Crippen LogP contribution in [0.25, 0.3) is 0 Å². The molecule has 1 aliphatic rings. The highest BCUT2D eigenvalue weighted by Gasteiger charge is 2.30. The molecular formula is C12H24N2O. The van der Waals surface area contributed by atoms with Gasteiger partial charge in [0.2, 0.25) is 5.91 Å². The first-order valence-electron chi connectivity index (χ1n) is 6.03. The molecule has 3 nitrogen and oxygen atoms in total. The second-order valence-electron chi connectivity index (χ2n) is 5.27. The number of piperidine rings is 1. The van der Waals surface area contributed by atoms with Gasteiger partial charge in [-0.15, -0.1) is 0 Å². The van der Waals surface area contributed by atoms with Gasteiger partial charge in [0.25, 0.3) is 0 Å². The van der Waals surface area contributed by atoms with E-state index in [9.17, 15) is 4.79 Å². The van der Waals surface area contributed by atoms with Gasteiger partial charge in [0, 0.05) is 13.1 Å². The Kier molecular flexibility index (Phi) is 4.14. The second kappa shape index (κ2) is 4.97. The number of amides is 1. The molecule has 0 aromatic heterocycles. The summed E-state index contributed by atoms with van der Waals surface area (Å²) in [7, 11) is 0. The van der Waals surface area contributed by atoms with E-state index in [0.717, 1.165) is 19.5 Å². The molecule has 0 aromatic rings. The molecule has 1 unspecified atom stereocenters. The Hall–Kier alpha value is -0.570. The Labute approximate surface area is 93.0 Å². The van der Waals surface area contributed by atoms with Crippen LogP contribution in [0.4, 0.5) is 0 Å². The first kappa shape index (κ1) is 12.5. The van der Waals surface area contributed by atoms with Crippen LogP contribution in [0.3, 0.4) is 0 Å². The fourth-order valence-corrected chi connectivity index (χ4v) is 2.30. The molecule has 0 radical (unpaired) electrons. The molecular weight excluding hydrogens is 188 g/mol. The normalized spacial score (nSPS) is 22.9. The predicted molar refractivity (Wildman–Crippen MR) is 62.5 cm³/mol. The van der Waals surface area contributed by atoms with Crippen molar-refractivity contribution in [2.75, 3.05) is 13.1 Å². The molecule has 1 rings (SSSR count). The summed E-state index contributed by atoms with van der Waals surface area (Å²) < 4.78 is 0. The molecule has 15 heavy (non-hydrogen) atoms. The highest BCUT2D eigenvalue weighted by atomic mass is 16.2. The van der Waals surface area contributed by atoms with Gasteiger partial charge in [-0.3, -0.25) is 4.79 Å². The van der Waals surface area contributed by atoms with E-state index < -0.39 is 5.54 Å². The summed E-state index contributed by atoms with van der Waals surface area (Å²) >= 11 is 0. The Bertz CT molecular complexity index is 218. The Morgan fingerprint density at radius 1 is 1.53 bits per heavy atom. The highest BCUT2D eigenvalue weighted by molar-refractivity contribution is 5.85. The zero-order valence-electron chi connectivity index (χ0n) is 10.3. The lowest BCUT2D eigenvalue weighted by Gasteiger charge is -2.36. The van der Waals surface area contributed by atoms with Crippen LogP contribution in [0.5, 0.6) is 0 Å². The lowest BCUT2D eigenvalue weighted by molar-refractivity contribution is -0.137. The molecule has 0 bridgehead atoms. The zero-order valence-corrected chi connectivity index (χ0v) is 10.3. The van der Waals surface area contributed by atoms with E-state index >= 15 is 0 Å². The number of carbonyl (C=O) groups excluding carboxylic acids is 1. The summed E-state index contributed by atoms with van der Waals surface area (Å²) in [5.74, 6) is 0.790. The lowest BCUT2D eigenvalue weighted by Crippen LogP contribution is -2.53. The van der Waals surface area contributed by atoms with Crippen LogP contribution in [0.15, 0.2) is 0 Å². The molecule has 1 aliphatic heterocycles. The molecule has 0 aromatic carbocycles. The first-order chi connectivity index (χ1) is 6.95. The monoisotopic (exact) mass is 212 g/mol. The predicted octanol–water partition coefficient (Wildman–Crippen LogP) is 1.76. The van der Waals surface area contributed by atoms with Crippen LogP contribution in [0, 0.1) is 5.92 Å². The van der Waals surface area contributed by atoms with Gasteiger partial charge in [0.1, 0.15) is 0 Å². The molecule has 1 amide bonds. The molecule has 1 atom stereocenters. The maximum absolute atomic E-state index is 12.0. The summed E-state index contributed by atoms with van der Waals surface area (Å²) in [4.78, 5) is 13.9. The van der Waals surface area contributed by atoms with Crippen LogP contribution in [-0.2, 0) is 4.79 Å². The smallest absolute Gasteiger partial charge is 0.242 e. The number of likely N-dealkylation sites (tertiary alicyclic amines) is 1. The quantitative estimate of drug-likeness (QED) is 0.775. The summed E-state index contributed by atoms with van der Waals surface area (Å²) in [5.41, 5.74) is 5.12. The summed E-state index contributed by atoms with van der Waals surface area (Å²) in [6.45, 7) is 7.58. The van der Waals surface area contributed by atoms with Crippen molar-refractivity contribution in [2.24, 2.45) is 11.7 Å². The Morgan fingerprint density at radius 3 is 2.73 bits per heavy atom. The van der Waals surface area contributed by atoms with Gasteiger partial charge in [-0.2, -0.15) is 0 Å². The van der Waals surface area contributed by atoms with Gasteiger partial charge in [0.15, 0.2) is 0 Å². The maximum atomic E-state index is 12.0. The van der Waals surface area contributed by atoms with E-state index in [1.54, 1.807) is 13.8 Å². The molecule has 3 heteroatoms. The summed E-state index contributed by atoms with van der Waals surface area (Å²) in [5, 5.41) is 0. The van der Waals surface area contributed by atoms with E-state index in [-0.39, 0.29) is 5.91 Å². The molecule has 88 valence electrons. The van der Waals surface area contributed by atoms with Crippen molar-refractivity contribution in [1.82, 2.24) is 4.90 Å². The van der Waals surface area contributed by atoms with Gasteiger partial charge < -0.3 is 10.6 Å². The van der Waals surface area contributed by atoms with Crippen molar-refractivity contribution < 1.29 is 4.79 Å². The van der Waals surface area contributed by atoms with Gasteiger partial charge in [-0.1, -0.05) is 13.3 Å². The highest BCUT2D eigenvalue weighted by Crippen LogP contribution is 2.22. The van der Waals surface area contributed by atoms with E-state index in [2.05, 4.69) is 6.92 Å². The van der Waals surface area contributed by atoms with E-state index in [1.165, 1.54) is 19.3 Å². The van der Waals surface area contributed by atoms with Gasteiger partial charge in [0.05, 0.1) is 5.54 Å². The zero-order chi connectivity index (χ0) is 11.5. The van der Waals surface area contributed by atoms with Crippen LogP contribution < -0.4 is 5.73 Å². The van der Waals surface area contributed by atoms with Gasteiger partial charge in [-0.25, -0.2) is 0 Å². The molecule has 0 saturated carbocycles.